The zero-order valence-corrected chi connectivity index (χ0v) is 13.4. The molecule has 2 N–H and O–H groups in total. The Kier molecular flexibility index (Phi) is 3.66. The standard InChI is InChI=1S/C20H22N2O/c1-13(23)14-4-2-5-15(12-14)16-6-3-7-19-20(16)17-8-10-21-11-9-18(17)22-19/h2-7,12,17-18,21-22H,8-11H2,1H3/t17-,18+/m1/s1. The summed E-state index contributed by atoms with van der Waals surface area (Å²) in [4.78, 5) is 11.7. The van der Waals surface area contributed by atoms with Crippen molar-refractivity contribution in [3.63, 3.8) is 0 Å². The minimum Gasteiger partial charge on any atom is -0.381 e. The zero-order valence-electron chi connectivity index (χ0n) is 13.4. The van der Waals surface area contributed by atoms with Gasteiger partial charge in [-0.15, -0.1) is 0 Å². The minimum atomic E-state index is 0.120. The third kappa shape index (κ3) is 2.55. The monoisotopic (exact) mass is 306 g/mol. The molecule has 0 unspecified atom stereocenters. The number of carbonyl (C=O) groups is 1. The van der Waals surface area contributed by atoms with E-state index in [1.807, 2.05) is 18.2 Å². The number of anilines is 1. The smallest absolute Gasteiger partial charge is 0.159 e. The van der Waals surface area contributed by atoms with Crippen LogP contribution in [0.1, 0.15) is 41.6 Å². The van der Waals surface area contributed by atoms with Crippen molar-refractivity contribution in [3.05, 3.63) is 53.6 Å². The molecule has 1 saturated heterocycles. The van der Waals surface area contributed by atoms with Gasteiger partial charge in [0.25, 0.3) is 0 Å². The number of Topliss-reactive ketones (excluding diaryl/α,β-unsaturated/α-hetero) is 1. The van der Waals surface area contributed by atoms with E-state index < -0.39 is 0 Å². The number of ketones is 1. The van der Waals surface area contributed by atoms with Crippen molar-refractivity contribution in [2.24, 2.45) is 0 Å². The molecule has 23 heavy (non-hydrogen) atoms. The van der Waals surface area contributed by atoms with Crippen LogP contribution in [-0.4, -0.2) is 24.9 Å². The average Bonchev–Trinajstić information content (AvgIpc) is 2.76. The zero-order chi connectivity index (χ0) is 15.8. The maximum absolute atomic E-state index is 11.7. The lowest BCUT2D eigenvalue weighted by molar-refractivity contribution is 0.101. The predicted octanol–water partition coefficient (Wildman–Crippen LogP) is 3.82. The Morgan fingerprint density at radius 2 is 1.91 bits per heavy atom. The molecule has 2 heterocycles. The number of carbonyl (C=O) groups excluding carboxylic acids is 1. The first kappa shape index (κ1) is 14.5. The first-order valence-electron chi connectivity index (χ1n) is 8.45. The van der Waals surface area contributed by atoms with Gasteiger partial charge in [0, 0.05) is 23.2 Å². The van der Waals surface area contributed by atoms with Crippen LogP contribution in [0.5, 0.6) is 0 Å². The molecule has 0 aliphatic carbocycles. The molecule has 3 nitrogen and oxygen atoms in total. The predicted molar refractivity (Wildman–Crippen MR) is 94.1 cm³/mol. The van der Waals surface area contributed by atoms with Gasteiger partial charge in [-0.1, -0.05) is 30.3 Å². The summed E-state index contributed by atoms with van der Waals surface area (Å²) >= 11 is 0. The van der Waals surface area contributed by atoms with Crippen LogP contribution in [0.4, 0.5) is 5.69 Å². The molecule has 0 aromatic heterocycles. The summed E-state index contributed by atoms with van der Waals surface area (Å²) in [5, 5.41) is 7.22. The minimum absolute atomic E-state index is 0.120. The second-order valence-electron chi connectivity index (χ2n) is 6.59. The molecular formula is C20H22N2O. The SMILES string of the molecule is CC(=O)c1cccc(-c2cccc3c2[C@@H]2CCNCC[C@@H]2N3)c1. The molecule has 0 bridgehead atoms. The molecule has 2 aromatic carbocycles. The van der Waals surface area contributed by atoms with Gasteiger partial charge < -0.3 is 10.6 Å². The van der Waals surface area contributed by atoms with E-state index in [-0.39, 0.29) is 5.78 Å². The first-order chi connectivity index (χ1) is 11.2. The average molecular weight is 306 g/mol. The Bertz CT molecular complexity index is 753. The van der Waals surface area contributed by atoms with E-state index in [1.54, 1.807) is 6.92 Å². The lowest BCUT2D eigenvalue weighted by Gasteiger charge is -2.18. The summed E-state index contributed by atoms with van der Waals surface area (Å²) in [5.41, 5.74) is 5.90. The van der Waals surface area contributed by atoms with Crippen molar-refractivity contribution in [3.8, 4) is 11.1 Å². The van der Waals surface area contributed by atoms with Gasteiger partial charge in [0.15, 0.2) is 5.78 Å². The highest BCUT2D eigenvalue weighted by Crippen LogP contribution is 2.45. The molecule has 0 saturated carbocycles. The summed E-state index contributed by atoms with van der Waals surface area (Å²) in [6, 6.07) is 15.1. The molecule has 0 radical (unpaired) electrons. The molecule has 4 rings (SSSR count). The lowest BCUT2D eigenvalue weighted by atomic mass is 9.85. The Balaban J connectivity index is 1.81. The van der Waals surface area contributed by atoms with Crippen LogP contribution >= 0.6 is 0 Å². The van der Waals surface area contributed by atoms with Crippen LogP contribution in [0.25, 0.3) is 11.1 Å². The molecule has 0 spiro atoms. The number of hydrogen-bond donors (Lipinski definition) is 2. The number of benzene rings is 2. The van der Waals surface area contributed by atoms with Crippen molar-refractivity contribution < 1.29 is 4.79 Å². The maximum Gasteiger partial charge on any atom is 0.159 e. The van der Waals surface area contributed by atoms with Crippen molar-refractivity contribution >= 4 is 11.5 Å². The van der Waals surface area contributed by atoms with Crippen molar-refractivity contribution in [2.45, 2.75) is 31.7 Å². The van der Waals surface area contributed by atoms with Gasteiger partial charge in [0.05, 0.1) is 0 Å². The van der Waals surface area contributed by atoms with Gasteiger partial charge in [-0.2, -0.15) is 0 Å². The van der Waals surface area contributed by atoms with E-state index in [1.165, 1.54) is 16.8 Å². The quantitative estimate of drug-likeness (QED) is 0.829. The number of rotatable bonds is 2. The van der Waals surface area contributed by atoms with Crippen LogP contribution in [0.15, 0.2) is 42.5 Å². The molecule has 1 fully saturated rings. The maximum atomic E-state index is 11.7. The van der Waals surface area contributed by atoms with Crippen molar-refractivity contribution in [1.29, 1.82) is 0 Å². The van der Waals surface area contributed by atoms with Crippen LogP contribution < -0.4 is 10.6 Å². The van der Waals surface area contributed by atoms with E-state index in [0.717, 1.165) is 37.1 Å². The van der Waals surface area contributed by atoms with Crippen LogP contribution in [-0.2, 0) is 0 Å². The third-order valence-corrected chi connectivity index (χ3v) is 5.15. The van der Waals surface area contributed by atoms with Crippen molar-refractivity contribution in [2.75, 3.05) is 18.4 Å². The number of hydrogen-bond acceptors (Lipinski definition) is 3. The van der Waals surface area contributed by atoms with Gasteiger partial charge in [0.1, 0.15) is 0 Å². The van der Waals surface area contributed by atoms with Gasteiger partial charge in [-0.3, -0.25) is 4.79 Å². The molecule has 0 amide bonds. The second kappa shape index (κ2) is 5.82. The van der Waals surface area contributed by atoms with Gasteiger partial charge in [-0.05, 0) is 61.7 Å². The topological polar surface area (TPSA) is 41.1 Å². The second-order valence-corrected chi connectivity index (χ2v) is 6.59. The first-order valence-corrected chi connectivity index (χ1v) is 8.45. The molecule has 2 aliphatic heterocycles. The largest absolute Gasteiger partial charge is 0.381 e. The van der Waals surface area contributed by atoms with Crippen LogP contribution in [0.3, 0.4) is 0 Å². The molecule has 118 valence electrons. The summed E-state index contributed by atoms with van der Waals surface area (Å²) in [7, 11) is 0. The van der Waals surface area contributed by atoms with E-state index in [2.05, 4.69) is 34.9 Å². The highest BCUT2D eigenvalue weighted by molar-refractivity contribution is 5.95. The highest BCUT2D eigenvalue weighted by Gasteiger charge is 2.34. The summed E-state index contributed by atoms with van der Waals surface area (Å²) in [6.45, 7) is 3.78. The van der Waals surface area contributed by atoms with E-state index in [0.29, 0.717) is 12.0 Å². The van der Waals surface area contributed by atoms with E-state index >= 15 is 0 Å². The fourth-order valence-corrected chi connectivity index (χ4v) is 4.01. The molecule has 2 atom stereocenters. The Labute approximate surface area is 137 Å². The summed E-state index contributed by atoms with van der Waals surface area (Å²) in [5.74, 6) is 0.672. The van der Waals surface area contributed by atoms with Crippen molar-refractivity contribution in [1.82, 2.24) is 5.32 Å². The Morgan fingerprint density at radius 1 is 1.09 bits per heavy atom. The van der Waals surface area contributed by atoms with Gasteiger partial charge in [-0.25, -0.2) is 0 Å². The van der Waals surface area contributed by atoms with E-state index in [9.17, 15) is 4.79 Å². The van der Waals surface area contributed by atoms with Crippen LogP contribution in [0.2, 0.25) is 0 Å². The number of nitrogens with one attached hydrogen (secondary N) is 2. The fourth-order valence-electron chi connectivity index (χ4n) is 4.01. The molecule has 2 aromatic rings. The highest BCUT2D eigenvalue weighted by atomic mass is 16.1. The summed E-state index contributed by atoms with van der Waals surface area (Å²) in [6.07, 6.45) is 2.32. The Hall–Kier alpha value is -2.13. The normalized spacial score (nSPS) is 22.7. The van der Waals surface area contributed by atoms with Gasteiger partial charge in [0.2, 0.25) is 0 Å². The van der Waals surface area contributed by atoms with Gasteiger partial charge >= 0.3 is 0 Å². The lowest BCUT2D eigenvalue weighted by Crippen LogP contribution is -2.21. The van der Waals surface area contributed by atoms with Crippen LogP contribution in [0, 0.1) is 0 Å². The molecule has 3 heteroatoms. The Morgan fingerprint density at radius 3 is 2.78 bits per heavy atom. The molecule has 2 aliphatic rings. The summed E-state index contributed by atoms with van der Waals surface area (Å²) < 4.78 is 0. The van der Waals surface area contributed by atoms with E-state index in [4.69, 9.17) is 0 Å². The fraction of sp³-hybridized carbons (Fsp3) is 0.350. The molecular weight excluding hydrogens is 284 g/mol. The number of fused-ring (bicyclic) bond motifs is 3. The third-order valence-electron chi connectivity index (χ3n) is 5.15.